The molecule has 0 heterocycles. The highest BCUT2D eigenvalue weighted by Gasteiger charge is 2.24. The summed E-state index contributed by atoms with van der Waals surface area (Å²) in [6.45, 7) is 11.1. The Kier molecular flexibility index (Phi) is 7.39. The van der Waals surface area contributed by atoms with E-state index in [1.807, 2.05) is 0 Å². The predicted octanol–water partition coefficient (Wildman–Crippen LogP) is 1.63. The van der Waals surface area contributed by atoms with Crippen LogP contribution in [0, 0.1) is 5.41 Å². The molecule has 0 saturated heterocycles. The van der Waals surface area contributed by atoms with Crippen LogP contribution in [0.4, 0.5) is 0 Å². The third kappa shape index (κ3) is 6.64. The Morgan fingerprint density at radius 1 is 1.47 bits per heavy atom. The van der Waals surface area contributed by atoms with Crippen LogP contribution in [0.2, 0.25) is 0 Å². The first-order chi connectivity index (χ1) is 7.86. The van der Waals surface area contributed by atoms with E-state index in [4.69, 9.17) is 10.5 Å². The van der Waals surface area contributed by atoms with Crippen LogP contribution in [0.25, 0.3) is 0 Å². The van der Waals surface area contributed by atoms with Gasteiger partial charge in [0.05, 0.1) is 13.5 Å². The SMILES string of the molecule is CCCN(CC(C)(C)CN)C(C)CC(=O)OC. The zero-order chi connectivity index (χ0) is 13.5. The second-order valence-corrected chi connectivity index (χ2v) is 5.47. The van der Waals surface area contributed by atoms with Crippen molar-refractivity contribution in [1.82, 2.24) is 4.90 Å². The Bertz CT molecular complexity index is 229. The quantitative estimate of drug-likeness (QED) is 0.659. The van der Waals surface area contributed by atoms with Gasteiger partial charge < -0.3 is 10.5 Å². The molecule has 0 aliphatic rings. The van der Waals surface area contributed by atoms with E-state index in [0.29, 0.717) is 13.0 Å². The molecule has 1 unspecified atom stereocenters. The lowest BCUT2D eigenvalue weighted by Gasteiger charge is -2.35. The van der Waals surface area contributed by atoms with Gasteiger partial charge in [-0.1, -0.05) is 20.8 Å². The van der Waals surface area contributed by atoms with Crippen LogP contribution in [0.15, 0.2) is 0 Å². The fourth-order valence-electron chi connectivity index (χ4n) is 1.81. The van der Waals surface area contributed by atoms with Crippen molar-refractivity contribution < 1.29 is 9.53 Å². The predicted molar refractivity (Wildman–Crippen MR) is 70.8 cm³/mol. The molecule has 0 aromatic carbocycles. The van der Waals surface area contributed by atoms with Crippen molar-refractivity contribution in [2.45, 2.75) is 46.6 Å². The van der Waals surface area contributed by atoms with Crippen molar-refractivity contribution in [2.24, 2.45) is 11.1 Å². The normalized spacial score (nSPS) is 13.8. The molecule has 102 valence electrons. The number of carbonyl (C=O) groups excluding carboxylic acids is 1. The summed E-state index contributed by atoms with van der Waals surface area (Å²) >= 11 is 0. The monoisotopic (exact) mass is 244 g/mol. The van der Waals surface area contributed by atoms with E-state index in [9.17, 15) is 4.79 Å². The van der Waals surface area contributed by atoms with Crippen LogP contribution in [0.3, 0.4) is 0 Å². The first kappa shape index (κ1) is 16.4. The standard InChI is InChI=1S/C13H28N2O2/c1-6-7-15(10-13(3,4)9-14)11(2)8-12(16)17-5/h11H,6-10,14H2,1-5H3. The lowest BCUT2D eigenvalue weighted by atomic mass is 9.92. The lowest BCUT2D eigenvalue weighted by Crippen LogP contribution is -2.44. The Morgan fingerprint density at radius 2 is 2.06 bits per heavy atom. The highest BCUT2D eigenvalue weighted by Crippen LogP contribution is 2.18. The summed E-state index contributed by atoms with van der Waals surface area (Å²) in [5.74, 6) is -0.149. The maximum Gasteiger partial charge on any atom is 0.307 e. The van der Waals surface area contributed by atoms with Crippen LogP contribution in [0.5, 0.6) is 0 Å². The van der Waals surface area contributed by atoms with Crippen molar-refractivity contribution in [1.29, 1.82) is 0 Å². The topological polar surface area (TPSA) is 55.6 Å². The molecule has 0 aliphatic heterocycles. The van der Waals surface area contributed by atoms with Crippen LogP contribution in [-0.4, -0.2) is 43.7 Å². The Balaban J connectivity index is 4.45. The van der Waals surface area contributed by atoms with E-state index in [-0.39, 0.29) is 17.4 Å². The van der Waals surface area contributed by atoms with Crippen LogP contribution in [0.1, 0.15) is 40.5 Å². The maximum atomic E-state index is 11.3. The minimum Gasteiger partial charge on any atom is -0.469 e. The molecule has 0 bridgehead atoms. The summed E-state index contributed by atoms with van der Waals surface area (Å²) in [6, 6.07) is 0.202. The molecule has 0 spiro atoms. The van der Waals surface area contributed by atoms with Crippen LogP contribution >= 0.6 is 0 Å². The van der Waals surface area contributed by atoms with E-state index in [0.717, 1.165) is 19.5 Å². The lowest BCUT2D eigenvalue weighted by molar-refractivity contribution is -0.142. The largest absolute Gasteiger partial charge is 0.469 e. The van der Waals surface area contributed by atoms with Gasteiger partial charge >= 0.3 is 5.97 Å². The van der Waals surface area contributed by atoms with Gasteiger partial charge in [-0.3, -0.25) is 9.69 Å². The van der Waals surface area contributed by atoms with E-state index in [2.05, 4.69) is 32.6 Å². The molecule has 4 heteroatoms. The van der Waals surface area contributed by atoms with Gasteiger partial charge in [0.25, 0.3) is 0 Å². The fourth-order valence-corrected chi connectivity index (χ4v) is 1.81. The van der Waals surface area contributed by atoms with Gasteiger partial charge in [-0.25, -0.2) is 0 Å². The number of ether oxygens (including phenoxy) is 1. The first-order valence-corrected chi connectivity index (χ1v) is 6.37. The first-order valence-electron chi connectivity index (χ1n) is 6.37. The Hall–Kier alpha value is -0.610. The number of rotatable bonds is 8. The number of esters is 1. The number of methoxy groups -OCH3 is 1. The van der Waals surface area contributed by atoms with E-state index >= 15 is 0 Å². The highest BCUT2D eigenvalue weighted by molar-refractivity contribution is 5.69. The number of carbonyl (C=O) groups is 1. The number of nitrogens with zero attached hydrogens (tertiary/aromatic N) is 1. The smallest absolute Gasteiger partial charge is 0.307 e. The second kappa shape index (κ2) is 7.67. The van der Waals surface area contributed by atoms with Crippen LogP contribution < -0.4 is 5.73 Å². The zero-order valence-corrected chi connectivity index (χ0v) is 12.0. The fraction of sp³-hybridized carbons (Fsp3) is 0.923. The Labute approximate surface area is 105 Å². The zero-order valence-electron chi connectivity index (χ0n) is 12.0. The van der Waals surface area contributed by atoms with Gasteiger partial charge in [0.2, 0.25) is 0 Å². The Morgan fingerprint density at radius 3 is 2.47 bits per heavy atom. The van der Waals surface area contributed by atoms with Crippen LogP contribution in [-0.2, 0) is 9.53 Å². The molecule has 17 heavy (non-hydrogen) atoms. The van der Waals surface area contributed by atoms with Gasteiger partial charge in [0.1, 0.15) is 0 Å². The van der Waals surface area contributed by atoms with Crippen molar-refractivity contribution >= 4 is 5.97 Å². The summed E-state index contributed by atoms with van der Waals surface area (Å²) in [5.41, 5.74) is 5.84. The molecule has 0 amide bonds. The molecule has 2 N–H and O–H groups in total. The molecule has 0 fully saturated rings. The molecule has 4 nitrogen and oxygen atoms in total. The molecule has 0 aromatic heterocycles. The van der Waals surface area contributed by atoms with Gasteiger partial charge in [-0.15, -0.1) is 0 Å². The number of nitrogens with two attached hydrogens (primary N) is 1. The highest BCUT2D eigenvalue weighted by atomic mass is 16.5. The molecular formula is C13H28N2O2. The number of hydrogen-bond donors (Lipinski definition) is 1. The van der Waals surface area contributed by atoms with Crippen molar-refractivity contribution in [3.8, 4) is 0 Å². The summed E-state index contributed by atoms with van der Waals surface area (Å²) in [4.78, 5) is 13.6. The molecule has 1 atom stereocenters. The average Bonchev–Trinajstić information content (AvgIpc) is 2.28. The molecule has 0 saturated carbocycles. The number of hydrogen-bond acceptors (Lipinski definition) is 4. The molecule has 0 aliphatic carbocycles. The molecule has 0 aromatic rings. The summed E-state index contributed by atoms with van der Waals surface area (Å²) in [5, 5.41) is 0. The van der Waals surface area contributed by atoms with Crippen molar-refractivity contribution in [2.75, 3.05) is 26.7 Å². The summed E-state index contributed by atoms with van der Waals surface area (Å²) in [6.07, 6.45) is 1.52. The summed E-state index contributed by atoms with van der Waals surface area (Å²) < 4.78 is 4.72. The molecule has 0 rings (SSSR count). The average molecular weight is 244 g/mol. The van der Waals surface area contributed by atoms with Gasteiger partial charge in [-0.2, -0.15) is 0 Å². The third-order valence-corrected chi connectivity index (χ3v) is 3.01. The minimum atomic E-state index is -0.149. The second-order valence-electron chi connectivity index (χ2n) is 5.47. The third-order valence-electron chi connectivity index (χ3n) is 3.01. The van der Waals surface area contributed by atoms with E-state index < -0.39 is 0 Å². The van der Waals surface area contributed by atoms with Gasteiger partial charge in [0.15, 0.2) is 0 Å². The van der Waals surface area contributed by atoms with Crippen molar-refractivity contribution in [3.05, 3.63) is 0 Å². The van der Waals surface area contributed by atoms with E-state index in [1.54, 1.807) is 0 Å². The van der Waals surface area contributed by atoms with Crippen molar-refractivity contribution in [3.63, 3.8) is 0 Å². The molecular weight excluding hydrogens is 216 g/mol. The minimum absolute atomic E-state index is 0.0829. The summed E-state index contributed by atoms with van der Waals surface area (Å²) in [7, 11) is 1.43. The molecule has 0 radical (unpaired) electrons. The maximum absolute atomic E-state index is 11.3. The van der Waals surface area contributed by atoms with E-state index in [1.165, 1.54) is 7.11 Å². The van der Waals surface area contributed by atoms with Gasteiger partial charge in [0, 0.05) is 12.6 Å². The van der Waals surface area contributed by atoms with Gasteiger partial charge in [-0.05, 0) is 31.8 Å².